The Kier molecular flexibility index (Phi) is 8.47. The van der Waals surface area contributed by atoms with Crippen LogP contribution in [0.1, 0.15) is 79.5 Å². The number of nitrogens with zero attached hydrogens (tertiary/aromatic N) is 2. The van der Waals surface area contributed by atoms with Gasteiger partial charge in [-0.05, 0) is 75.9 Å². The number of carbonyl (C=O) groups excluding carboxylic acids is 1. The summed E-state index contributed by atoms with van der Waals surface area (Å²) in [5, 5.41) is 2.91. The molecule has 0 aliphatic heterocycles. The standard InChI is InChI=1S/C27H45N3O3Si/c1-25(2,3)23-18-30(19-28-23)22-13-11-20(12-14-22)17-21(29-24(31)33-26(4,5)6)15-16-27(7,8)34(9,10)32/h11-14,18-19,21,32H,15-17H2,1-10H3,(H,29,31)/t21-/m1/s1. The molecule has 1 amide bonds. The van der Waals surface area contributed by atoms with E-state index in [9.17, 15) is 9.59 Å². The molecule has 6 nitrogen and oxygen atoms in total. The number of carbonyl (C=O) groups is 1. The van der Waals surface area contributed by atoms with Crippen molar-refractivity contribution < 1.29 is 14.3 Å². The summed E-state index contributed by atoms with van der Waals surface area (Å²) in [7, 11) is -2.33. The molecule has 1 aromatic heterocycles. The Labute approximate surface area is 207 Å². The minimum absolute atomic E-state index is 0.00547. The van der Waals surface area contributed by atoms with Crippen molar-refractivity contribution in [3.05, 3.63) is 48.0 Å². The summed E-state index contributed by atoms with van der Waals surface area (Å²) >= 11 is 0. The molecule has 190 valence electrons. The molecule has 1 aromatic carbocycles. The topological polar surface area (TPSA) is 76.4 Å². The number of aromatic nitrogens is 2. The number of rotatable bonds is 8. The van der Waals surface area contributed by atoms with Crippen molar-refractivity contribution in [2.75, 3.05) is 0 Å². The van der Waals surface area contributed by atoms with Crippen molar-refractivity contribution in [2.24, 2.45) is 0 Å². The Balaban J connectivity index is 2.15. The Morgan fingerprint density at radius 1 is 1.09 bits per heavy atom. The van der Waals surface area contributed by atoms with Gasteiger partial charge in [0.05, 0.1) is 12.0 Å². The lowest BCUT2D eigenvalue weighted by atomic mass is 9.93. The third-order valence-electron chi connectivity index (χ3n) is 6.56. The van der Waals surface area contributed by atoms with E-state index in [0.29, 0.717) is 6.42 Å². The second-order valence-corrected chi connectivity index (χ2v) is 17.1. The molecule has 34 heavy (non-hydrogen) atoms. The van der Waals surface area contributed by atoms with Crippen molar-refractivity contribution in [1.82, 2.24) is 14.9 Å². The smallest absolute Gasteiger partial charge is 0.407 e. The van der Waals surface area contributed by atoms with Crippen molar-refractivity contribution >= 4 is 14.4 Å². The van der Waals surface area contributed by atoms with E-state index in [1.807, 2.05) is 44.8 Å². The first-order valence-electron chi connectivity index (χ1n) is 12.2. The van der Waals surface area contributed by atoms with Gasteiger partial charge >= 0.3 is 6.09 Å². The van der Waals surface area contributed by atoms with Crippen LogP contribution < -0.4 is 5.32 Å². The number of benzene rings is 1. The SMILES string of the molecule is CC(C)(C)OC(=O)N[C@H](CCC(C)(C)[Si](C)(C)O)Cc1ccc(-n2cnc(C(C)(C)C)c2)cc1. The van der Waals surface area contributed by atoms with Gasteiger partial charge in [0, 0.05) is 23.3 Å². The second-order valence-electron chi connectivity index (χ2n) is 12.6. The van der Waals surface area contributed by atoms with Crippen molar-refractivity contribution in [3.63, 3.8) is 0 Å². The van der Waals surface area contributed by atoms with E-state index >= 15 is 0 Å². The lowest BCUT2D eigenvalue weighted by Gasteiger charge is -2.36. The summed E-state index contributed by atoms with van der Waals surface area (Å²) < 4.78 is 7.55. The molecule has 2 N–H and O–H groups in total. The molecular weight excluding hydrogens is 442 g/mol. The van der Waals surface area contributed by atoms with Crippen molar-refractivity contribution in [2.45, 2.75) is 110 Å². The molecule has 0 saturated heterocycles. The molecule has 7 heteroatoms. The lowest BCUT2D eigenvalue weighted by Crippen LogP contribution is -2.43. The summed E-state index contributed by atoms with van der Waals surface area (Å²) in [6.45, 7) is 20.3. The lowest BCUT2D eigenvalue weighted by molar-refractivity contribution is 0.0500. The molecule has 0 spiro atoms. The maximum Gasteiger partial charge on any atom is 0.407 e. The fourth-order valence-electron chi connectivity index (χ4n) is 3.48. The summed E-state index contributed by atoms with van der Waals surface area (Å²) in [6.07, 6.45) is 5.81. The predicted octanol–water partition coefficient (Wildman–Crippen LogP) is 6.36. The third kappa shape index (κ3) is 8.27. The Bertz CT molecular complexity index is 945. The van der Waals surface area contributed by atoms with E-state index < -0.39 is 20.0 Å². The first-order valence-corrected chi connectivity index (χ1v) is 15.2. The van der Waals surface area contributed by atoms with Gasteiger partial charge in [-0.15, -0.1) is 0 Å². The number of hydrogen-bond donors (Lipinski definition) is 2. The first-order chi connectivity index (χ1) is 15.4. The van der Waals surface area contributed by atoms with Crippen LogP contribution in [0.4, 0.5) is 4.79 Å². The average molecular weight is 488 g/mol. The summed E-state index contributed by atoms with van der Waals surface area (Å²) in [6, 6.07) is 8.29. The van der Waals surface area contributed by atoms with Crippen LogP contribution in [-0.2, 0) is 16.6 Å². The summed E-state index contributed by atoms with van der Waals surface area (Å²) in [5.74, 6) is 0. The molecule has 0 unspecified atom stereocenters. The molecule has 2 aromatic rings. The minimum Gasteiger partial charge on any atom is -0.444 e. The monoisotopic (exact) mass is 487 g/mol. The fraction of sp³-hybridized carbons (Fsp3) is 0.630. The van der Waals surface area contributed by atoms with Crippen molar-refractivity contribution in [1.29, 1.82) is 0 Å². The average Bonchev–Trinajstić information content (AvgIpc) is 3.15. The maximum atomic E-state index is 12.5. The molecular formula is C27H45N3O3Si. The molecule has 0 bridgehead atoms. The van der Waals surface area contributed by atoms with Gasteiger partial charge in [0.2, 0.25) is 0 Å². The van der Waals surface area contributed by atoms with Crippen LogP contribution in [-0.4, -0.2) is 40.4 Å². The van der Waals surface area contributed by atoms with E-state index in [4.69, 9.17) is 4.74 Å². The van der Waals surface area contributed by atoms with Gasteiger partial charge in [-0.25, -0.2) is 9.78 Å². The highest BCUT2D eigenvalue weighted by molar-refractivity contribution is 6.72. The number of nitrogens with one attached hydrogen (secondary N) is 1. The van der Waals surface area contributed by atoms with E-state index in [1.54, 1.807) is 0 Å². The second kappa shape index (κ2) is 10.2. The number of amides is 1. The van der Waals surface area contributed by atoms with Crippen LogP contribution in [0.15, 0.2) is 36.8 Å². The van der Waals surface area contributed by atoms with Crippen LogP contribution in [0, 0.1) is 0 Å². The molecule has 1 atom stereocenters. The highest BCUT2D eigenvalue weighted by Gasteiger charge is 2.38. The minimum atomic E-state index is -2.33. The molecule has 2 rings (SSSR count). The number of imidazole rings is 1. The zero-order valence-electron chi connectivity index (χ0n) is 22.8. The van der Waals surface area contributed by atoms with Gasteiger partial charge in [-0.3, -0.25) is 0 Å². The van der Waals surface area contributed by atoms with Crippen LogP contribution in [0.3, 0.4) is 0 Å². The number of alkyl carbamates (subject to hydrolysis) is 1. The molecule has 0 saturated carbocycles. The van der Waals surface area contributed by atoms with E-state index in [1.165, 1.54) is 0 Å². The van der Waals surface area contributed by atoms with Gasteiger partial charge in [-0.2, -0.15) is 0 Å². The van der Waals surface area contributed by atoms with Crippen LogP contribution >= 0.6 is 0 Å². The molecule has 0 fully saturated rings. The van der Waals surface area contributed by atoms with Gasteiger partial charge < -0.3 is 19.4 Å². The Morgan fingerprint density at radius 2 is 1.68 bits per heavy atom. The van der Waals surface area contributed by atoms with Crippen LogP contribution in [0.25, 0.3) is 5.69 Å². The molecule has 0 radical (unpaired) electrons. The largest absolute Gasteiger partial charge is 0.444 e. The van der Waals surface area contributed by atoms with Gasteiger partial charge in [0.1, 0.15) is 5.60 Å². The highest BCUT2D eigenvalue weighted by Crippen LogP contribution is 2.40. The number of hydrogen-bond acceptors (Lipinski definition) is 4. The third-order valence-corrected chi connectivity index (χ3v) is 10.1. The zero-order valence-corrected chi connectivity index (χ0v) is 23.8. The molecule has 1 heterocycles. The van der Waals surface area contributed by atoms with Gasteiger partial charge in [0.15, 0.2) is 8.32 Å². The summed E-state index contributed by atoms with van der Waals surface area (Å²) in [5.41, 5.74) is 2.70. The van der Waals surface area contributed by atoms with Crippen LogP contribution in [0.2, 0.25) is 18.1 Å². The van der Waals surface area contributed by atoms with E-state index in [0.717, 1.165) is 29.8 Å². The number of ether oxygens (including phenoxy) is 1. The predicted molar refractivity (Wildman–Crippen MR) is 142 cm³/mol. The highest BCUT2D eigenvalue weighted by atomic mass is 28.4. The normalized spacial score (nSPS) is 14.1. The quantitative estimate of drug-likeness (QED) is 0.425. The van der Waals surface area contributed by atoms with Gasteiger partial charge in [0.25, 0.3) is 0 Å². The molecule has 0 aliphatic carbocycles. The zero-order chi connectivity index (χ0) is 25.9. The molecule has 0 aliphatic rings. The van der Waals surface area contributed by atoms with E-state index in [2.05, 4.69) is 75.4 Å². The summed E-state index contributed by atoms with van der Waals surface area (Å²) in [4.78, 5) is 27.8. The van der Waals surface area contributed by atoms with Crippen molar-refractivity contribution in [3.8, 4) is 5.69 Å². The van der Waals surface area contributed by atoms with Gasteiger partial charge in [-0.1, -0.05) is 46.8 Å². The fourth-order valence-corrected chi connectivity index (χ4v) is 4.24. The maximum absolute atomic E-state index is 12.5. The Morgan fingerprint density at radius 3 is 2.15 bits per heavy atom. The van der Waals surface area contributed by atoms with Crippen LogP contribution in [0.5, 0.6) is 0 Å². The first kappa shape index (κ1) is 28.1. The van der Waals surface area contributed by atoms with E-state index in [-0.39, 0.29) is 16.5 Å². The Hall–Kier alpha value is -2.12.